The first-order valence-corrected chi connectivity index (χ1v) is 9.01. The monoisotopic (exact) mass is 427 g/mol. The minimum absolute atomic E-state index is 0. The van der Waals surface area contributed by atoms with Crippen molar-refractivity contribution in [2.75, 3.05) is 19.3 Å². The zero-order valence-corrected chi connectivity index (χ0v) is 16.4. The Morgan fingerprint density at radius 3 is 2.67 bits per heavy atom. The molecule has 6 heteroatoms. The molecule has 0 saturated heterocycles. The van der Waals surface area contributed by atoms with Gasteiger partial charge < -0.3 is 15.7 Å². The summed E-state index contributed by atoms with van der Waals surface area (Å²) in [6.07, 6.45) is 8.07. The fourth-order valence-electron chi connectivity index (χ4n) is 3.06. The van der Waals surface area contributed by atoms with Gasteiger partial charge in [-0.05, 0) is 44.3 Å². The Bertz CT molecular complexity index is 335. The summed E-state index contributed by atoms with van der Waals surface area (Å²) in [5.41, 5.74) is -0.495. The fraction of sp³-hybridized carbons (Fsp3) is 0.933. The van der Waals surface area contributed by atoms with Crippen LogP contribution in [0.2, 0.25) is 0 Å². The number of rotatable bonds is 5. The summed E-state index contributed by atoms with van der Waals surface area (Å²) in [6.45, 7) is 2.86. The number of hydrogen-bond donors (Lipinski definition) is 3. The largest absolute Gasteiger partial charge is 0.388 e. The normalized spacial score (nSPS) is 28.2. The second-order valence-corrected chi connectivity index (χ2v) is 7.67. The number of aliphatic imine (C=N–C) groups is 1. The number of halogens is 1. The molecule has 4 nitrogen and oxygen atoms in total. The molecule has 124 valence electrons. The van der Waals surface area contributed by atoms with Crippen molar-refractivity contribution in [3.8, 4) is 0 Å². The molecule has 2 aliphatic carbocycles. The average Bonchev–Trinajstić information content (AvgIpc) is 2.42. The molecule has 2 rings (SSSR count). The van der Waals surface area contributed by atoms with Crippen LogP contribution in [0.5, 0.6) is 0 Å². The summed E-state index contributed by atoms with van der Waals surface area (Å²) < 4.78 is 0. The number of nitrogens with zero attached hydrogens (tertiary/aromatic N) is 1. The molecule has 0 bridgehead atoms. The number of guanidine groups is 1. The van der Waals surface area contributed by atoms with Crippen LogP contribution in [0.3, 0.4) is 0 Å². The quantitative estimate of drug-likeness (QED) is 0.359. The maximum atomic E-state index is 10.1. The Morgan fingerprint density at radius 2 is 2.10 bits per heavy atom. The zero-order chi connectivity index (χ0) is 14.4. The molecule has 2 atom stereocenters. The third kappa shape index (κ3) is 6.14. The molecule has 0 aliphatic heterocycles. The van der Waals surface area contributed by atoms with Gasteiger partial charge in [-0.25, -0.2) is 0 Å². The molecular weight excluding hydrogens is 397 g/mol. The lowest BCUT2D eigenvalue weighted by molar-refractivity contribution is -0.0279. The van der Waals surface area contributed by atoms with E-state index in [1.165, 1.54) is 31.4 Å². The van der Waals surface area contributed by atoms with Crippen LogP contribution in [0.15, 0.2) is 4.99 Å². The van der Waals surface area contributed by atoms with E-state index in [1.54, 1.807) is 7.05 Å². The predicted octanol–water partition coefficient (Wildman–Crippen LogP) is 2.75. The molecule has 21 heavy (non-hydrogen) atoms. The standard InChI is InChI=1S/C15H29N3OS.HI/c1-3-20-13-7-4-6-12(10-13)18-14(16-2)17-11-15(19)8-5-9-15;/h12-13,19H,3-11H2,1-2H3,(H2,16,17,18);1H. The molecule has 0 heterocycles. The van der Waals surface area contributed by atoms with Crippen LogP contribution in [0.1, 0.15) is 51.9 Å². The van der Waals surface area contributed by atoms with Crippen LogP contribution in [-0.4, -0.2) is 47.3 Å². The van der Waals surface area contributed by atoms with Gasteiger partial charge in [0.1, 0.15) is 0 Å². The molecule has 0 aromatic carbocycles. The summed E-state index contributed by atoms with van der Waals surface area (Å²) in [4.78, 5) is 4.29. The maximum absolute atomic E-state index is 10.1. The first-order valence-electron chi connectivity index (χ1n) is 7.96. The van der Waals surface area contributed by atoms with Gasteiger partial charge in [0.15, 0.2) is 5.96 Å². The molecule has 0 aromatic heterocycles. The van der Waals surface area contributed by atoms with E-state index in [1.807, 2.05) is 0 Å². The van der Waals surface area contributed by atoms with Gasteiger partial charge in [-0.3, -0.25) is 4.99 Å². The number of nitrogens with one attached hydrogen (secondary N) is 2. The van der Waals surface area contributed by atoms with Crippen molar-refractivity contribution in [3.63, 3.8) is 0 Å². The molecule has 3 N–H and O–H groups in total. The summed E-state index contributed by atoms with van der Waals surface area (Å²) in [7, 11) is 1.81. The summed E-state index contributed by atoms with van der Waals surface area (Å²) >= 11 is 2.08. The van der Waals surface area contributed by atoms with Crippen molar-refractivity contribution in [2.45, 2.75) is 68.8 Å². The SMILES string of the molecule is CCSC1CCCC(NC(=NC)NCC2(O)CCC2)C1.I. The second-order valence-electron chi connectivity index (χ2n) is 6.09. The van der Waals surface area contributed by atoms with E-state index in [0.717, 1.165) is 30.5 Å². The molecule has 2 fully saturated rings. The maximum Gasteiger partial charge on any atom is 0.191 e. The lowest BCUT2D eigenvalue weighted by Crippen LogP contribution is -2.52. The number of thioether (sulfide) groups is 1. The minimum atomic E-state index is -0.495. The fourth-order valence-corrected chi connectivity index (χ4v) is 4.23. The topological polar surface area (TPSA) is 56.7 Å². The van der Waals surface area contributed by atoms with Gasteiger partial charge in [0.05, 0.1) is 5.60 Å². The highest BCUT2D eigenvalue weighted by molar-refractivity contribution is 14.0. The molecule has 0 radical (unpaired) electrons. The van der Waals surface area contributed by atoms with E-state index in [4.69, 9.17) is 0 Å². The molecule has 2 saturated carbocycles. The third-order valence-corrected chi connectivity index (χ3v) is 5.69. The van der Waals surface area contributed by atoms with Gasteiger partial charge in [-0.15, -0.1) is 24.0 Å². The third-order valence-electron chi connectivity index (χ3n) is 4.46. The van der Waals surface area contributed by atoms with Gasteiger partial charge in [0, 0.05) is 24.9 Å². The highest BCUT2D eigenvalue weighted by Crippen LogP contribution is 2.31. The molecule has 0 spiro atoms. The van der Waals surface area contributed by atoms with E-state index in [9.17, 15) is 5.11 Å². The zero-order valence-electron chi connectivity index (χ0n) is 13.2. The van der Waals surface area contributed by atoms with E-state index in [0.29, 0.717) is 12.6 Å². The Labute approximate surface area is 150 Å². The lowest BCUT2D eigenvalue weighted by Gasteiger charge is -2.37. The van der Waals surface area contributed by atoms with E-state index in [-0.39, 0.29) is 24.0 Å². The van der Waals surface area contributed by atoms with Crippen LogP contribution in [0.4, 0.5) is 0 Å². The van der Waals surface area contributed by atoms with Gasteiger partial charge in [-0.2, -0.15) is 11.8 Å². The smallest absolute Gasteiger partial charge is 0.191 e. The van der Waals surface area contributed by atoms with Gasteiger partial charge in [0.25, 0.3) is 0 Å². The number of hydrogen-bond acceptors (Lipinski definition) is 3. The van der Waals surface area contributed by atoms with Crippen molar-refractivity contribution >= 4 is 41.7 Å². The number of aliphatic hydroxyl groups is 1. The first-order chi connectivity index (χ1) is 9.65. The van der Waals surface area contributed by atoms with Crippen LogP contribution in [-0.2, 0) is 0 Å². The molecule has 0 amide bonds. The minimum Gasteiger partial charge on any atom is -0.388 e. The van der Waals surface area contributed by atoms with Crippen molar-refractivity contribution in [3.05, 3.63) is 0 Å². The molecule has 2 aliphatic rings. The van der Waals surface area contributed by atoms with Crippen LogP contribution >= 0.6 is 35.7 Å². The van der Waals surface area contributed by atoms with Crippen LogP contribution in [0.25, 0.3) is 0 Å². The predicted molar refractivity (Wildman–Crippen MR) is 103 cm³/mol. The Morgan fingerprint density at radius 1 is 1.33 bits per heavy atom. The van der Waals surface area contributed by atoms with Gasteiger partial charge in [0.2, 0.25) is 0 Å². The summed E-state index contributed by atoms with van der Waals surface area (Å²) in [5.74, 6) is 2.05. The van der Waals surface area contributed by atoms with Crippen molar-refractivity contribution in [1.82, 2.24) is 10.6 Å². The summed E-state index contributed by atoms with van der Waals surface area (Å²) in [6, 6.07) is 0.523. The first kappa shape index (κ1) is 19.4. The van der Waals surface area contributed by atoms with Crippen molar-refractivity contribution in [1.29, 1.82) is 0 Å². The Kier molecular flexibility index (Phi) is 8.71. The average molecular weight is 427 g/mol. The molecule has 0 aromatic rings. The highest BCUT2D eigenvalue weighted by Gasteiger charge is 2.34. The van der Waals surface area contributed by atoms with E-state index < -0.39 is 5.60 Å². The second kappa shape index (κ2) is 9.45. The van der Waals surface area contributed by atoms with Crippen molar-refractivity contribution < 1.29 is 5.11 Å². The Balaban J connectivity index is 0.00000220. The molecular formula is C15H30IN3OS. The van der Waals surface area contributed by atoms with Gasteiger partial charge >= 0.3 is 0 Å². The van der Waals surface area contributed by atoms with Gasteiger partial charge in [-0.1, -0.05) is 13.3 Å². The molecule has 2 unspecified atom stereocenters. The summed E-state index contributed by atoms with van der Waals surface area (Å²) in [5, 5.41) is 17.7. The lowest BCUT2D eigenvalue weighted by atomic mass is 9.80. The van der Waals surface area contributed by atoms with Crippen molar-refractivity contribution in [2.24, 2.45) is 4.99 Å². The highest BCUT2D eigenvalue weighted by atomic mass is 127. The van der Waals surface area contributed by atoms with Crippen LogP contribution in [0, 0.1) is 0 Å². The Hall–Kier alpha value is 0.310. The van der Waals surface area contributed by atoms with Crippen LogP contribution < -0.4 is 10.6 Å². The van der Waals surface area contributed by atoms with E-state index >= 15 is 0 Å². The van der Waals surface area contributed by atoms with E-state index in [2.05, 4.69) is 34.3 Å².